The number of furan rings is 1. The fourth-order valence-electron chi connectivity index (χ4n) is 1.54. The van der Waals surface area contributed by atoms with Gasteiger partial charge < -0.3 is 4.42 Å². The molecule has 0 fully saturated rings. The third-order valence-electron chi connectivity index (χ3n) is 2.31. The van der Waals surface area contributed by atoms with Crippen LogP contribution in [0.5, 0.6) is 0 Å². The van der Waals surface area contributed by atoms with E-state index >= 15 is 0 Å². The summed E-state index contributed by atoms with van der Waals surface area (Å²) in [4.78, 5) is 0. The van der Waals surface area contributed by atoms with Crippen molar-refractivity contribution in [2.45, 2.75) is 6.04 Å². The predicted octanol–water partition coefficient (Wildman–Crippen LogP) is 3.20. The molecule has 0 aliphatic carbocycles. The number of benzene rings is 1. The Hall–Kier alpha value is -0.370. The lowest BCUT2D eigenvalue weighted by atomic mass is 10.0. The highest BCUT2D eigenvalue weighted by atomic mass is 127. The molecule has 0 bridgehead atoms. The van der Waals surface area contributed by atoms with E-state index in [0.717, 1.165) is 19.2 Å². The summed E-state index contributed by atoms with van der Waals surface area (Å²) < 4.78 is 7.27. The maximum atomic E-state index is 5.60. The molecule has 16 heavy (non-hydrogen) atoms. The largest absolute Gasteiger partial charge is 0.472 e. The first-order valence-corrected chi connectivity index (χ1v) is 6.52. The Kier molecular flexibility index (Phi) is 4.01. The van der Waals surface area contributed by atoms with E-state index in [1.807, 2.05) is 18.2 Å². The van der Waals surface area contributed by atoms with Crippen molar-refractivity contribution in [2.75, 3.05) is 0 Å². The summed E-state index contributed by atoms with van der Waals surface area (Å²) in [5.41, 5.74) is 4.94. The SMILES string of the molecule is NNC(c1ccoc1)c1cc(Br)ccc1I. The number of rotatable bonds is 3. The maximum Gasteiger partial charge on any atom is 0.0954 e. The van der Waals surface area contributed by atoms with Gasteiger partial charge in [-0.1, -0.05) is 15.9 Å². The van der Waals surface area contributed by atoms with E-state index in [9.17, 15) is 0 Å². The van der Waals surface area contributed by atoms with Gasteiger partial charge in [-0.05, 0) is 52.4 Å². The molecule has 0 amide bonds. The molecular formula is C11H10BrIN2O. The van der Waals surface area contributed by atoms with Crippen molar-refractivity contribution in [1.82, 2.24) is 5.43 Å². The van der Waals surface area contributed by atoms with Crippen LogP contribution in [0.25, 0.3) is 0 Å². The zero-order valence-electron chi connectivity index (χ0n) is 8.28. The number of nitrogens with two attached hydrogens (primary N) is 1. The Morgan fingerprint density at radius 1 is 1.38 bits per heavy atom. The highest BCUT2D eigenvalue weighted by molar-refractivity contribution is 14.1. The molecule has 0 spiro atoms. The third kappa shape index (κ3) is 2.48. The third-order valence-corrected chi connectivity index (χ3v) is 3.79. The van der Waals surface area contributed by atoms with Crippen LogP contribution >= 0.6 is 38.5 Å². The molecule has 1 heterocycles. The highest BCUT2D eigenvalue weighted by Gasteiger charge is 2.16. The second-order valence-electron chi connectivity index (χ2n) is 3.32. The summed E-state index contributed by atoms with van der Waals surface area (Å²) in [6, 6.07) is 7.96. The van der Waals surface area contributed by atoms with Gasteiger partial charge in [0.2, 0.25) is 0 Å². The van der Waals surface area contributed by atoms with Crippen LogP contribution in [0, 0.1) is 3.57 Å². The van der Waals surface area contributed by atoms with E-state index in [4.69, 9.17) is 10.3 Å². The Morgan fingerprint density at radius 3 is 2.81 bits per heavy atom. The first kappa shape index (κ1) is 12.1. The molecule has 1 aromatic carbocycles. The molecule has 84 valence electrons. The van der Waals surface area contributed by atoms with Gasteiger partial charge in [-0.25, -0.2) is 5.43 Å². The van der Waals surface area contributed by atoms with Crippen molar-refractivity contribution < 1.29 is 4.42 Å². The van der Waals surface area contributed by atoms with Crippen LogP contribution < -0.4 is 11.3 Å². The molecule has 2 aromatic rings. The number of hydrogen-bond donors (Lipinski definition) is 2. The van der Waals surface area contributed by atoms with Gasteiger partial charge in [0.25, 0.3) is 0 Å². The average molecular weight is 393 g/mol. The van der Waals surface area contributed by atoms with Gasteiger partial charge >= 0.3 is 0 Å². The van der Waals surface area contributed by atoms with E-state index < -0.39 is 0 Å². The molecule has 3 nitrogen and oxygen atoms in total. The normalized spacial score (nSPS) is 12.7. The van der Waals surface area contributed by atoms with Crippen molar-refractivity contribution in [3.05, 3.63) is 56.0 Å². The lowest BCUT2D eigenvalue weighted by Gasteiger charge is -2.16. The summed E-state index contributed by atoms with van der Waals surface area (Å²) in [6.07, 6.45) is 3.34. The molecular weight excluding hydrogens is 383 g/mol. The minimum absolute atomic E-state index is 0.0526. The van der Waals surface area contributed by atoms with Crippen molar-refractivity contribution in [2.24, 2.45) is 5.84 Å². The number of halogens is 2. The Morgan fingerprint density at radius 2 is 2.19 bits per heavy atom. The fraction of sp³-hybridized carbons (Fsp3) is 0.0909. The zero-order valence-corrected chi connectivity index (χ0v) is 12.0. The Labute approximate surface area is 116 Å². The van der Waals surface area contributed by atoms with Gasteiger partial charge in [-0.15, -0.1) is 0 Å². The molecule has 5 heteroatoms. The second-order valence-corrected chi connectivity index (χ2v) is 5.40. The minimum atomic E-state index is -0.0526. The lowest BCUT2D eigenvalue weighted by molar-refractivity contribution is 0.553. The van der Waals surface area contributed by atoms with Crippen LogP contribution in [0.2, 0.25) is 0 Å². The first-order chi connectivity index (χ1) is 7.72. The van der Waals surface area contributed by atoms with Crippen molar-refractivity contribution in [1.29, 1.82) is 0 Å². The van der Waals surface area contributed by atoms with Gasteiger partial charge in [0.05, 0.1) is 18.6 Å². The fourth-order valence-corrected chi connectivity index (χ4v) is 2.57. The first-order valence-electron chi connectivity index (χ1n) is 4.65. The predicted molar refractivity (Wildman–Crippen MR) is 74.7 cm³/mol. The van der Waals surface area contributed by atoms with Crippen LogP contribution in [-0.2, 0) is 0 Å². The summed E-state index contributed by atoms with van der Waals surface area (Å²) in [6.45, 7) is 0. The van der Waals surface area contributed by atoms with E-state index in [1.165, 1.54) is 0 Å². The highest BCUT2D eigenvalue weighted by Crippen LogP contribution is 2.28. The number of nitrogens with one attached hydrogen (secondary N) is 1. The molecule has 0 saturated heterocycles. The molecule has 1 atom stereocenters. The monoisotopic (exact) mass is 392 g/mol. The van der Waals surface area contributed by atoms with E-state index in [0.29, 0.717) is 0 Å². The van der Waals surface area contributed by atoms with Crippen molar-refractivity contribution in [3.63, 3.8) is 0 Å². The van der Waals surface area contributed by atoms with Crippen LogP contribution in [0.4, 0.5) is 0 Å². The van der Waals surface area contributed by atoms with Gasteiger partial charge in [0.1, 0.15) is 0 Å². The summed E-state index contributed by atoms with van der Waals surface area (Å²) >= 11 is 5.76. The lowest BCUT2D eigenvalue weighted by Crippen LogP contribution is -2.29. The van der Waals surface area contributed by atoms with Gasteiger partial charge in [-0.2, -0.15) is 0 Å². The standard InChI is InChI=1S/C11H10BrIN2O/c12-8-1-2-10(13)9(5-8)11(15-14)7-3-4-16-6-7/h1-6,11,15H,14H2. The van der Waals surface area contributed by atoms with Gasteiger partial charge in [0.15, 0.2) is 0 Å². The van der Waals surface area contributed by atoms with Crippen LogP contribution in [0.3, 0.4) is 0 Å². The second kappa shape index (κ2) is 5.31. The molecule has 1 aromatic heterocycles. The van der Waals surface area contributed by atoms with Crippen LogP contribution in [0.1, 0.15) is 17.2 Å². The minimum Gasteiger partial charge on any atom is -0.472 e. The van der Waals surface area contributed by atoms with Crippen LogP contribution in [0.15, 0.2) is 45.7 Å². The molecule has 2 rings (SSSR count). The Balaban J connectivity index is 2.44. The number of hydrogen-bond acceptors (Lipinski definition) is 3. The average Bonchev–Trinajstić information content (AvgIpc) is 2.78. The topological polar surface area (TPSA) is 51.2 Å². The smallest absolute Gasteiger partial charge is 0.0954 e. The zero-order chi connectivity index (χ0) is 11.5. The van der Waals surface area contributed by atoms with Gasteiger partial charge in [-0.3, -0.25) is 5.84 Å². The quantitative estimate of drug-likeness (QED) is 0.479. The molecule has 0 saturated carbocycles. The summed E-state index contributed by atoms with van der Waals surface area (Å²) in [5, 5.41) is 0. The Bertz CT molecular complexity index is 473. The van der Waals surface area contributed by atoms with Crippen molar-refractivity contribution in [3.8, 4) is 0 Å². The van der Waals surface area contributed by atoms with Crippen molar-refractivity contribution >= 4 is 38.5 Å². The van der Waals surface area contributed by atoms with Crippen LogP contribution in [-0.4, -0.2) is 0 Å². The molecule has 0 radical (unpaired) electrons. The molecule has 3 N–H and O–H groups in total. The molecule has 1 unspecified atom stereocenters. The molecule has 0 aliphatic rings. The van der Waals surface area contributed by atoms with E-state index in [-0.39, 0.29) is 6.04 Å². The molecule has 0 aliphatic heterocycles. The number of hydrazine groups is 1. The maximum absolute atomic E-state index is 5.60. The van der Waals surface area contributed by atoms with E-state index in [1.54, 1.807) is 12.5 Å². The summed E-state index contributed by atoms with van der Waals surface area (Å²) in [7, 11) is 0. The van der Waals surface area contributed by atoms with E-state index in [2.05, 4.69) is 50.0 Å². The summed E-state index contributed by atoms with van der Waals surface area (Å²) in [5.74, 6) is 5.60. The van der Waals surface area contributed by atoms with Gasteiger partial charge in [0, 0.05) is 13.6 Å².